The summed E-state index contributed by atoms with van der Waals surface area (Å²) in [6, 6.07) is 1.98. The van der Waals surface area contributed by atoms with Crippen molar-refractivity contribution in [1.82, 2.24) is 4.98 Å². The monoisotopic (exact) mass is 244 g/mol. The molecule has 0 aromatic carbocycles. The molecule has 0 atom stereocenters. The number of pyridine rings is 1. The molecule has 0 radical (unpaired) electrons. The number of halogens is 3. The highest BCUT2D eigenvalue weighted by molar-refractivity contribution is 5.98. The number of carbonyl (C=O) groups is 1. The third-order valence-electron chi connectivity index (χ3n) is 1.76. The van der Waals surface area contributed by atoms with Crippen molar-refractivity contribution in [2.24, 2.45) is 0 Å². The molecule has 1 rings (SSSR count). The number of carbonyl (C=O) groups excluding carboxylic acids is 1. The zero-order valence-electron chi connectivity index (χ0n) is 9.30. The maximum absolute atomic E-state index is 12.2. The van der Waals surface area contributed by atoms with Crippen LogP contribution in [0.15, 0.2) is 30.0 Å². The van der Waals surface area contributed by atoms with Gasteiger partial charge in [-0.3, -0.25) is 4.79 Å². The van der Waals surface area contributed by atoms with Gasteiger partial charge in [-0.05, 0) is 26.0 Å². The van der Waals surface area contributed by atoms with E-state index >= 15 is 0 Å². The summed E-state index contributed by atoms with van der Waals surface area (Å²) in [5.74, 6) is -0.335. The molecule has 1 aromatic rings. The van der Waals surface area contributed by atoms with Crippen LogP contribution in [0.4, 0.5) is 19.0 Å². The molecular weight excluding hydrogens is 233 g/mol. The fourth-order valence-corrected chi connectivity index (χ4v) is 1.06. The Balaban J connectivity index is 2.76. The van der Waals surface area contributed by atoms with Crippen LogP contribution < -0.4 is 5.32 Å². The first-order chi connectivity index (χ1) is 7.79. The van der Waals surface area contributed by atoms with E-state index < -0.39 is 17.6 Å². The van der Waals surface area contributed by atoms with Gasteiger partial charge in [0, 0.05) is 12.3 Å². The lowest BCUT2D eigenvalue weighted by atomic mass is 10.2. The number of anilines is 1. The van der Waals surface area contributed by atoms with Crippen LogP contribution in [0.25, 0.3) is 0 Å². The zero-order chi connectivity index (χ0) is 13.1. The topological polar surface area (TPSA) is 42.0 Å². The first kappa shape index (κ1) is 13.2. The Labute approximate surface area is 96.4 Å². The quantitative estimate of drug-likeness (QED) is 0.812. The molecule has 0 saturated carbocycles. The van der Waals surface area contributed by atoms with Crippen molar-refractivity contribution in [2.45, 2.75) is 20.0 Å². The molecular formula is C11H11F3N2O. The number of nitrogens with one attached hydrogen (secondary N) is 1. The van der Waals surface area contributed by atoms with Crippen molar-refractivity contribution in [3.8, 4) is 0 Å². The van der Waals surface area contributed by atoms with E-state index in [9.17, 15) is 18.0 Å². The smallest absolute Gasteiger partial charge is 0.307 e. The first-order valence-electron chi connectivity index (χ1n) is 4.78. The maximum atomic E-state index is 12.2. The summed E-state index contributed by atoms with van der Waals surface area (Å²) < 4.78 is 36.7. The molecule has 0 aliphatic heterocycles. The van der Waals surface area contributed by atoms with Crippen LogP contribution >= 0.6 is 0 Å². The highest BCUT2D eigenvalue weighted by Crippen LogP contribution is 2.28. The van der Waals surface area contributed by atoms with E-state index in [4.69, 9.17) is 0 Å². The van der Waals surface area contributed by atoms with Crippen LogP contribution in [0.5, 0.6) is 0 Å². The molecule has 1 aromatic heterocycles. The van der Waals surface area contributed by atoms with E-state index in [1.807, 2.05) is 0 Å². The second-order valence-electron chi connectivity index (χ2n) is 3.64. The molecule has 1 heterocycles. The molecule has 0 unspecified atom stereocenters. The van der Waals surface area contributed by atoms with Gasteiger partial charge in [-0.15, -0.1) is 0 Å². The molecule has 3 nitrogen and oxygen atoms in total. The lowest BCUT2D eigenvalue weighted by Gasteiger charge is -2.06. The van der Waals surface area contributed by atoms with Crippen molar-refractivity contribution in [3.63, 3.8) is 0 Å². The largest absolute Gasteiger partial charge is 0.417 e. The lowest BCUT2D eigenvalue weighted by Crippen LogP contribution is -2.11. The van der Waals surface area contributed by atoms with E-state index in [1.165, 1.54) is 6.08 Å². The van der Waals surface area contributed by atoms with E-state index in [1.54, 1.807) is 13.8 Å². The predicted octanol–water partition coefficient (Wildman–Crippen LogP) is 3.01. The SMILES string of the molecule is CC(C)=CC(=O)Nc1ccc(C(F)(F)F)cn1. The van der Waals surface area contributed by atoms with Gasteiger partial charge in [-0.25, -0.2) is 4.98 Å². The predicted molar refractivity (Wildman–Crippen MR) is 57.3 cm³/mol. The molecule has 0 fully saturated rings. The average Bonchev–Trinajstić information content (AvgIpc) is 2.15. The van der Waals surface area contributed by atoms with Gasteiger partial charge in [0.05, 0.1) is 5.56 Å². The summed E-state index contributed by atoms with van der Waals surface area (Å²) in [6.45, 7) is 3.47. The van der Waals surface area contributed by atoms with Crippen molar-refractivity contribution in [3.05, 3.63) is 35.5 Å². The van der Waals surface area contributed by atoms with Crippen LogP contribution in [0.3, 0.4) is 0 Å². The molecule has 0 saturated heterocycles. The summed E-state index contributed by atoms with van der Waals surface area (Å²) in [5.41, 5.74) is -0.0628. The zero-order valence-corrected chi connectivity index (χ0v) is 9.30. The van der Waals surface area contributed by atoms with Gasteiger partial charge < -0.3 is 5.32 Å². The Morgan fingerprint density at radius 1 is 1.35 bits per heavy atom. The van der Waals surface area contributed by atoms with Crippen molar-refractivity contribution in [2.75, 3.05) is 5.32 Å². The van der Waals surface area contributed by atoms with Crippen LogP contribution in [0.2, 0.25) is 0 Å². The molecule has 1 N–H and O–H groups in total. The number of allylic oxidation sites excluding steroid dienone is 1. The number of rotatable bonds is 2. The van der Waals surface area contributed by atoms with Gasteiger partial charge in [0.1, 0.15) is 5.82 Å². The standard InChI is InChI=1S/C11H11F3N2O/c1-7(2)5-10(17)16-9-4-3-8(6-15-9)11(12,13)14/h3-6H,1-2H3,(H,15,16,17). The second-order valence-corrected chi connectivity index (χ2v) is 3.64. The Hall–Kier alpha value is -1.85. The number of nitrogens with zero attached hydrogens (tertiary/aromatic N) is 1. The van der Waals surface area contributed by atoms with Crippen molar-refractivity contribution < 1.29 is 18.0 Å². The van der Waals surface area contributed by atoms with Gasteiger partial charge in [0.25, 0.3) is 0 Å². The Morgan fingerprint density at radius 3 is 2.41 bits per heavy atom. The van der Waals surface area contributed by atoms with Crippen molar-refractivity contribution >= 4 is 11.7 Å². The summed E-state index contributed by atoms with van der Waals surface area (Å²) in [5, 5.41) is 2.36. The highest BCUT2D eigenvalue weighted by atomic mass is 19.4. The molecule has 0 aliphatic carbocycles. The summed E-state index contributed by atoms with van der Waals surface area (Å²) in [4.78, 5) is 14.8. The summed E-state index contributed by atoms with van der Waals surface area (Å²) in [7, 11) is 0. The third-order valence-corrected chi connectivity index (χ3v) is 1.76. The second kappa shape index (κ2) is 4.99. The Morgan fingerprint density at radius 2 is 2.00 bits per heavy atom. The summed E-state index contributed by atoms with van der Waals surface area (Å²) in [6.07, 6.45) is -2.41. The Kier molecular flexibility index (Phi) is 3.88. The van der Waals surface area contributed by atoms with Crippen LogP contribution in [-0.2, 0) is 11.0 Å². The van der Waals surface area contributed by atoms with E-state index in [2.05, 4.69) is 10.3 Å². The maximum Gasteiger partial charge on any atom is 0.417 e. The molecule has 1 amide bonds. The van der Waals surface area contributed by atoms with Crippen LogP contribution in [0, 0.1) is 0 Å². The minimum atomic E-state index is -4.42. The molecule has 0 bridgehead atoms. The third kappa shape index (κ3) is 4.26. The molecule has 17 heavy (non-hydrogen) atoms. The number of hydrogen-bond acceptors (Lipinski definition) is 2. The lowest BCUT2D eigenvalue weighted by molar-refractivity contribution is -0.137. The van der Waals surface area contributed by atoms with Gasteiger partial charge in [-0.2, -0.15) is 13.2 Å². The highest BCUT2D eigenvalue weighted by Gasteiger charge is 2.30. The van der Waals surface area contributed by atoms with E-state index in [0.717, 1.165) is 17.7 Å². The van der Waals surface area contributed by atoms with Crippen LogP contribution in [0.1, 0.15) is 19.4 Å². The Bertz CT molecular complexity index is 431. The average molecular weight is 244 g/mol. The summed E-state index contributed by atoms with van der Waals surface area (Å²) >= 11 is 0. The van der Waals surface area contributed by atoms with Crippen LogP contribution in [-0.4, -0.2) is 10.9 Å². The fourth-order valence-electron chi connectivity index (χ4n) is 1.06. The van der Waals surface area contributed by atoms with Gasteiger partial charge in [0.15, 0.2) is 0 Å². The first-order valence-corrected chi connectivity index (χ1v) is 4.78. The molecule has 0 aliphatic rings. The van der Waals surface area contributed by atoms with Crippen molar-refractivity contribution in [1.29, 1.82) is 0 Å². The number of alkyl halides is 3. The number of hydrogen-bond donors (Lipinski definition) is 1. The van der Waals surface area contributed by atoms with E-state index in [-0.39, 0.29) is 5.82 Å². The minimum absolute atomic E-state index is 0.0838. The van der Waals surface area contributed by atoms with E-state index in [0.29, 0.717) is 6.20 Å². The minimum Gasteiger partial charge on any atom is -0.307 e. The molecule has 6 heteroatoms. The fraction of sp³-hybridized carbons (Fsp3) is 0.273. The number of aromatic nitrogens is 1. The van der Waals surface area contributed by atoms with Gasteiger partial charge in [-0.1, -0.05) is 5.57 Å². The van der Waals surface area contributed by atoms with Gasteiger partial charge >= 0.3 is 6.18 Å². The normalized spacial score (nSPS) is 10.9. The molecule has 92 valence electrons. The molecule has 0 spiro atoms. The number of amides is 1. The van der Waals surface area contributed by atoms with Gasteiger partial charge in [0.2, 0.25) is 5.91 Å².